The maximum absolute atomic E-state index is 11.1. The Hall–Kier alpha value is -1.62. The Bertz CT molecular complexity index is 456. The Kier molecular flexibility index (Phi) is 4.37. The Morgan fingerprint density at radius 1 is 1.47 bits per heavy atom. The second-order valence-electron chi connectivity index (χ2n) is 4.78. The van der Waals surface area contributed by atoms with Gasteiger partial charge in [0, 0.05) is 18.3 Å². The number of carboxylic acid groups (broad SMARTS) is 1. The van der Waals surface area contributed by atoms with Crippen LogP contribution in [0.1, 0.15) is 42.7 Å². The minimum absolute atomic E-state index is 0.287. The minimum Gasteiger partial charge on any atom is -0.478 e. The molecule has 1 heterocycles. The van der Waals surface area contributed by atoms with E-state index in [1.54, 1.807) is 12.1 Å². The third-order valence-corrected chi connectivity index (χ3v) is 3.34. The molecule has 1 fully saturated rings. The van der Waals surface area contributed by atoms with Crippen LogP contribution in [0.4, 0.5) is 5.82 Å². The van der Waals surface area contributed by atoms with E-state index >= 15 is 0 Å². The fraction of sp³-hybridized carbons (Fsp3) is 0.571. The molecule has 1 saturated carbocycles. The van der Waals surface area contributed by atoms with Gasteiger partial charge in [-0.05, 0) is 38.3 Å². The van der Waals surface area contributed by atoms with Crippen molar-refractivity contribution >= 4 is 11.8 Å². The number of rotatable bonds is 6. The predicted molar refractivity (Wildman–Crippen MR) is 72.6 cm³/mol. The second kappa shape index (κ2) is 6.02. The first-order chi connectivity index (χ1) is 9.12. The zero-order chi connectivity index (χ0) is 13.8. The van der Waals surface area contributed by atoms with Gasteiger partial charge in [-0.1, -0.05) is 6.92 Å². The van der Waals surface area contributed by atoms with Gasteiger partial charge >= 0.3 is 5.97 Å². The number of nitrogens with zero attached hydrogens (tertiary/aromatic N) is 1. The lowest BCUT2D eigenvalue weighted by Gasteiger charge is -2.35. The monoisotopic (exact) mass is 264 g/mol. The number of pyridine rings is 1. The summed E-state index contributed by atoms with van der Waals surface area (Å²) in [5, 5.41) is 12.4. The van der Waals surface area contributed by atoms with Crippen molar-refractivity contribution in [1.82, 2.24) is 4.98 Å². The van der Waals surface area contributed by atoms with Crippen LogP contribution in [0.2, 0.25) is 0 Å². The van der Waals surface area contributed by atoms with E-state index in [9.17, 15) is 4.79 Å². The molecule has 0 amide bonds. The molecule has 0 aromatic carbocycles. The third kappa shape index (κ3) is 3.44. The second-order valence-corrected chi connectivity index (χ2v) is 4.78. The molecule has 0 unspecified atom stereocenters. The lowest BCUT2D eigenvalue weighted by Crippen LogP contribution is -2.41. The number of carboxylic acids is 1. The Labute approximate surface area is 113 Å². The first-order valence-corrected chi connectivity index (χ1v) is 6.74. The fourth-order valence-electron chi connectivity index (χ4n) is 2.23. The van der Waals surface area contributed by atoms with Gasteiger partial charge in [0.15, 0.2) is 0 Å². The summed E-state index contributed by atoms with van der Waals surface area (Å²) in [5.41, 5.74) is 1.08. The summed E-state index contributed by atoms with van der Waals surface area (Å²) in [7, 11) is 0. The van der Waals surface area contributed by atoms with E-state index in [-0.39, 0.29) is 5.56 Å². The molecule has 104 valence electrons. The fourth-order valence-corrected chi connectivity index (χ4v) is 2.23. The van der Waals surface area contributed by atoms with Crippen molar-refractivity contribution in [3.05, 3.63) is 23.4 Å². The van der Waals surface area contributed by atoms with Crippen molar-refractivity contribution in [2.24, 2.45) is 0 Å². The summed E-state index contributed by atoms with van der Waals surface area (Å²) >= 11 is 0. The van der Waals surface area contributed by atoms with Gasteiger partial charge in [0.2, 0.25) is 0 Å². The number of hydrogen-bond donors (Lipinski definition) is 2. The van der Waals surface area contributed by atoms with Crippen LogP contribution in [-0.4, -0.2) is 34.8 Å². The van der Waals surface area contributed by atoms with Crippen molar-refractivity contribution in [3.8, 4) is 0 Å². The number of aromatic nitrogens is 1. The lowest BCUT2D eigenvalue weighted by molar-refractivity contribution is 0.00291. The van der Waals surface area contributed by atoms with Gasteiger partial charge in [0.1, 0.15) is 5.82 Å². The van der Waals surface area contributed by atoms with Crippen LogP contribution in [0.15, 0.2) is 12.1 Å². The molecule has 0 bridgehead atoms. The molecular formula is C14H20N2O3. The maximum Gasteiger partial charge on any atom is 0.335 e. The van der Waals surface area contributed by atoms with Gasteiger partial charge < -0.3 is 15.2 Å². The van der Waals surface area contributed by atoms with Crippen LogP contribution in [0, 0.1) is 0 Å². The van der Waals surface area contributed by atoms with Crippen molar-refractivity contribution in [3.63, 3.8) is 0 Å². The van der Waals surface area contributed by atoms with E-state index in [1.165, 1.54) is 0 Å². The standard InChI is InChI=1S/C14H20N2O3/c1-3-10-5-9(14(17)18)6-13(15-10)16-11-7-12(8-11)19-4-2/h5-6,11-12H,3-4,7-8H2,1-2H3,(H,15,16)(H,17,18). The molecule has 1 aliphatic rings. The van der Waals surface area contributed by atoms with E-state index in [1.807, 2.05) is 13.8 Å². The molecule has 0 spiro atoms. The average Bonchev–Trinajstić information content (AvgIpc) is 2.35. The largest absolute Gasteiger partial charge is 0.478 e. The topological polar surface area (TPSA) is 71.5 Å². The molecule has 19 heavy (non-hydrogen) atoms. The molecule has 0 saturated heterocycles. The molecule has 1 aromatic rings. The van der Waals surface area contributed by atoms with Crippen LogP contribution in [0.5, 0.6) is 0 Å². The zero-order valence-corrected chi connectivity index (χ0v) is 11.3. The first-order valence-electron chi connectivity index (χ1n) is 6.74. The van der Waals surface area contributed by atoms with Gasteiger partial charge in [-0.25, -0.2) is 9.78 Å². The molecular weight excluding hydrogens is 244 g/mol. The number of carbonyl (C=O) groups is 1. The van der Waals surface area contributed by atoms with Gasteiger partial charge in [-0.3, -0.25) is 0 Å². The zero-order valence-electron chi connectivity index (χ0n) is 11.3. The summed E-state index contributed by atoms with van der Waals surface area (Å²) < 4.78 is 5.50. The molecule has 2 N–H and O–H groups in total. The number of anilines is 1. The van der Waals surface area contributed by atoms with E-state index in [0.717, 1.165) is 31.6 Å². The highest BCUT2D eigenvalue weighted by Crippen LogP contribution is 2.26. The summed E-state index contributed by atoms with van der Waals surface area (Å²) in [5.74, 6) is -0.266. The van der Waals surface area contributed by atoms with Gasteiger partial charge in [-0.2, -0.15) is 0 Å². The SMILES string of the molecule is CCOC1CC(Nc2cc(C(=O)O)cc(CC)n2)C1. The highest BCUT2D eigenvalue weighted by atomic mass is 16.5. The van der Waals surface area contributed by atoms with Gasteiger partial charge in [-0.15, -0.1) is 0 Å². The normalized spacial score (nSPS) is 21.8. The van der Waals surface area contributed by atoms with Crippen molar-refractivity contribution < 1.29 is 14.6 Å². The summed E-state index contributed by atoms with van der Waals surface area (Å²) in [6, 6.07) is 3.55. The number of hydrogen-bond acceptors (Lipinski definition) is 4. The Balaban J connectivity index is 2.00. The summed E-state index contributed by atoms with van der Waals surface area (Å²) in [6.45, 7) is 4.70. The quantitative estimate of drug-likeness (QED) is 0.825. The number of ether oxygens (including phenoxy) is 1. The van der Waals surface area contributed by atoms with Crippen LogP contribution < -0.4 is 5.32 Å². The summed E-state index contributed by atoms with van der Waals surface area (Å²) in [4.78, 5) is 15.5. The van der Waals surface area contributed by atoms with Crippen LogP contribution in [0.3, 0.4) is 0 Å². The van der Waals surface area contributed by atoms with Crippen molar-refractivity contribution in [2.75, 3.05) is 11.9 Å². The number of nitrogens with one attached hydrogen (secondary N) is 1. The first kappa shape index (κ1) is 13.8. The maximum atomic E-state index is 11.1. The van der Waals surface area contributed by atoms with Gasteiger partial charge in [0.05, 0.1) is 11.7 Å². The van der Waals surface area contributed by atoms with Crippen molar-refractivity contribution in [2.45, 2.75) is 45.3 Å². The lowest BCUT2D eigenvalue weighted by atomic mass is 9.89. The summed E-state index contributed by atoms with van der Waals surface area (Å²) in [6.07, 6.45) is 2.96. The average molecular weight is 264 g/mol. The third-order valence-electron chi connectivity index (χ3n) is 3.34. The molecule has 0 aliphatic heterocycles. The predicted octanol–water partition coefficient (Wildman–Crippen LogP) is 2.32. The molecule has 1 aromatic heterocycles. The van der Waals surface area contributed by atoms with Crippen LogP contribution >= 0.6 is 0 Å². The Morgan fingerprint density at radius 3 is 2.79 bits per heavy atom. The molecule has 2 rings (SSSR count). The van der Waals surface area contributed by atoms with Crippen LogP contribution in [0.25, 0.3) is 0 Å². The van der Waals surface area contributed by atoms with Gasteiger partial charge in [0.25, 0.3) is 0 Å². The number of aryl methyl sites for hydroxylation is 1. The molecule has 0 radical (unpaired) electrons. The highest BCUT2D eigenvalue weighted by Gasteiger charge is 2.29. The smallest absolute Gasteiger partial charge is 0.335 e. The Morgan fingerprint density at radius 2 is 2.21 bits per heavy atom. The van der Waals surface area contributed by atoms with E-state index in [0.29, 0.717) is 18.0 Å². The molecule has 5 nitrogen and oxygen atoms in total. The minimum atomic E-state index is -0.916. The molecule has 0 atom stereocenters. The number of aromatic carboxylic acids is 1. The highest BCUT2D eigenvalue weighted by molar-refractivity contribution is 5.88. The van der Waals surface area contributed by atoms with E-state index in [4.69, 9.17) is 9.84 Å². The van der Waals surface area contributed by atoms with Crippen LogP contribution in [-0.2, 0) is 11.2 Å². The molecule has 5 heteroatoms. The van der Waals surface area contributed by atoms with E-state index in [2.05, 4.69) is 10.3 Å². The molecule has 1 aliphatic carbocycles. The van der Waals surface area contributed by atoms with Crippen molar-refractivity contribution in [1.29, 1.82) is 0 Å². The van der Waals surface area contributed by atoms with E-state index < -0.39 is 5.97 Å².